The van der Waals surface area contributed by atoms with Gasteiger partial charge in [0.2, 0.25) is 0 Å². The number of carboxylic acids is 1. The molecule has 0 aromatic heterocycles. The molecule has 0 rings (SSSR count). The molecule has 0 amide bonds. The molecule has 0 saturated heterocycles. The monoisotopic (exact) mass is 161 g/mol. The fourth-order valence-corrected chi connectivity index (χ4v) is 0. The van der Waals surface area contributed by atoms with E-state index in [1.165, 1.54) is 0 Å². The van der Waals surface area contributed by atoms with E-state index in [9.17, 15) is 0 Å². The van der Waals surface area contributed by atoms with E-state index in [1.54, 1.807) is 0 Å². The van der Waals surface area contributed by atoms with Gasteiger partial charge in [0.25, 0.3) is 5.97 Å². The molecule has 0 heterocycles. The van der Waals surface area contributed by atoms with Crippen LogP contribution >= 0.6 is 0 Å². The topological polar surface area (TPSA) is 68.8 Å². The summed E-state index contributed by atoms with van der Waals surface area (Å²) in [4.78, 5) is 9.00. The minimum absolute atomic E-state index is 0. The Morgan fingerprint density at radius 2 is 1.57 bits per heavy atom. The van der Waals surface area contributed by atoms with Crippen LogP contribution in [0.3, 0.4) is 0 Å². The quantitative estimate of drug-likeness (QED) is 0.444. The normalized spacial score (nSPS) is 3.57. The molecule has 0 aromatic carbocycles. The van der Waals surface area contributed by atoms with Gasteiger partial charge >= 0.3 is 29.6 Å². The van der Waals surface area contributed by atoms with E-state index < -0.39 is 5.97 Å². The van der Waals surface area contributed by atoms with E-state index in [1.807, 2.05) is 0 Å². The van der Waals surface area contributed by atoms with Gasteiger partial charge in [-0.2, -0.15) is 0 Å². The van der Waals surface area contributed by atoms with Crippen molar-refractivity contribution in [2.24, 2.45) is 0 Å². The molecule has 0 spiro atoms. The molecule has 0 aromatic rings. The van der Waals surface area contributed by atoms with Crippen molar-refractivity contribution < 1.29 is 32.2 Å². The van der Waals surface area contributed by atoms with Crippen molar-refractivity contribution in [1.82, 2.24) is 0 Å². The SMILES string of the molecule is CC(=O)O.O.[Co].[NaH]. The summed E-state index contributed by atoms with van der Waals surface area (Å²) in [6.45, 7) is 1.08. The van der Waals surface area contributed by atoms with Gasteiger partial charge in [-0.05, 0) is 0 Å². The number of carboxylic acid groups (broad SMARTS) is 1. The molecule has 5 heteroatoms. The van der Waals surface area contributed by atoms with Crippen LogP contribution < -0.4 is 0 Å². The molecule has 0 saturated carbocycles. The van der Waals surface area contributed by atoms with Gasteiger partial charge in [-0.25, -0.2) is 0 Å². The first-order valence-corrected chi connectivity index (χ1v) is 0.928. The average molecular weight is 161 g/mol. The summed E-state index contributed by atoms with van der Waals surface area (Å²) in [5, 5.41) is 7.42. The van der Waals surface area contributed by atoms with E-state index in [0.717, 1.165) is 6.92 Å². The van der Waals surface area contributed by atoms with Gasteiger partial charge in [-0.15, -0.1) is 0 Å². The summed E-state index contributed by atoms with van der Waals surface area (Å²) in [6.07, 6.45) is 0. The molecular formula is C2H7CoNaO3. The van der Waals surface area contributed by atoms with Crippen LogP contribution in [0.1, 0.15) is 6.92 Å². The first-order valence-electron chi connectivity index (χ1n) is 0.928. The van der Waals surface area contributed by atoms with Crippen LogP contribution in [0.15, 0.2) is 0 Å². The van der Waals surface area contributed by atoms with E-state index in [2.05, 4.69) is 0 Å². The predicted molar refractivity (Wildman–Crippen MR) is 24.1 cm³/mol. The Balaban J connectivity index is -0.0000000150. The molecule has 0 bridgehead atoms. The molecule has 0 aliphatic heterocycles. The fraction of sp³-hybridized carbons (Fsp3) is 0.500. The maximum absolute atomic E-state index is 9.00. The Morgan fingerprint density at radius 3 is 1.57 bits per heavy atom. The van der Waals surface area contributed by atoms with Gasteiger partial charge in [0.1, 0.15) is 0 Å². The Labute approximate surface area is 74.3 Å². The summed E-state index contributed by atoms with van der Waals surface area (Å²) in [6, 6.07) is 0. The van der Waals surface area contributed by atoms with Gasteiger partial charge in [-0.1, -0.05) is 0 Å². The van der Waals surface area contributed by atoms with Crippen LogP contribution in [0.5, 0.6) is 0 Å². The Hall–Kier alpha value is 0.936. The fourth-order valence-electron chi connectivity index (χ4n) is 0. The van der Waals surface area contributed by atoms with Crippen molar-refractivity contribution in [2.45, 2.75) is 6.92 Å². The van der Waals surface area contributed by atoms with E-state index in [-0.39, 0.29) is 51.8 Å². The van der Waals surface area contributed by atoms with Gasteiger partial charge in [0.15, 0.2) is 0 Å². The van der Waals surface area contributed by atoms with Crippen LogP contribution in [-0.4, -0.2) is 46.1 Å². The molecule has 43 valence electrons. The van der Waals surface area contributed by atoms with Crippen LogP contribution in [-0.2, 0) is 21.6 Å². The Bertz CT molecular complexity index is 35.9. The zero-order valence-electron chi connectivity index (χ0n) is 3.19. The third-order valence-corrected chi connectivity index (χ3v) is 0. The minimum atomic E-state index is -0.833. The van der Waals surface area contributed by atoms with Crippen molar-refractivity contribution in [3.63, 3.8) is 0 Å². The van der Waals surface area contributed by atoms with E-state index >= 15 is 0 Å². The Morgan fingerprint density at radius 1 is 1.57 bits per heavy atom. The molecule has 0 unspecified atom stereocenters. The number of aliphatic carboxylic acids is 1. The summed E-state index contributed by atoms with van der Waals surface area (Å²) in [5.74, 6) is -0.833. The molecule has 7 heavy (non-hydrogen) atoms. The molecule has 3 N–H and O–H groups in total. The summed E-state index contributed by atoms with van der Waals surface area (Å²) < 4.78 is 0. The van der Waals surface area contributed by atoms with E-state index in [4.69, 9.17) is 9.90 Å². The second kappa shape index (κ2) is 15.8. The maximum atomic E-state index is 9.00. The van der Waals surface area contributed by atoms with Crippen LogP contribution in [0.2, 0.25) is 0 Å². The molecule has 1 radical (unpaired) electrons. The number of hydrogen-bond donors (Lipinski definition) is 1. The first-order chi connectivity index (χ1) is 1.73. The molecule has 0 aliphatic rings. The second-order valence-corrected chi connectivity index (χ2v) is 0.519. The third kappa shape index (κ3) is 193. The van der Waals surface area contributed by atoms with Crippen molar-refractivity contribution in [1.29, 1.82) is 0 Å². The predicted octanol–water partition coefficient (Wildman–Crippen LogP) is -1.38. The standard InChI is InChI=1S/C2H4O2.Co.Na.H2O.H/c1-2(3)4;;;;/h1H3,(H,3,4);;;1H2;. The van der Waals surface area contributed by atoms with Crippen molar-refractivity contribution in [2.75, 3.05) is 0 Å². The van der Waals surface area contributed by atoms with Crippen molar-refractivity contribution >= 4 is 35.5 Å². The molecule has 0 fully saturated rings. The summed E-state index contributed by atoms with van der Waals surface area (Å²) in [7, 11) is 0. The van der Waals surface area contributed by atoms with Crippen molar-refractivity contribution in [3.8, 4) is 0 Å². The zero-order valence-corrected chi connectivity index (χ0v) is 4.23. The van der Waals surface area contributed by atoms with Crippen LogP contribution in [0.25, 0.3) is 0 Å². The van der Waals surface area contributed by atoms with Crippen LogP contribution in [0, 0.1) is 0 Å². The van der Waals surface area contributed by atoms with Crippen LogP contribution in [0.4, 0.5) is 0 Å². The third-order valence-electron chi connectivity index (χ3n) is 0. The zero-order chi connectivity index (χ0) is 3.58. The second-order valence-electron chi connectivity index (χ2n) is 0.519. The molecule has 3 nitrogen and oxygen atoms in total. The van der Waals surface area contributed by atoms with Gasteiger partial charge < -0.3 is 10.6 Å². The molecular weight excluding hydrogens is 154 g/mol. The van der Waals surface area contributed by atoms with Crippen molar-refractivity contribution in [3.05, 3.63) is 0 Å². The summed E-state index contributed by atoms with van der Waals surface area (Å²) >= 11 is 0. The average Bonchev–Trinajstić information content (AvgIpc) is 0.811. The first kappa shape index (κ1) is 24.6. The number of hydrogen-bond acceptors (Lipinski definition) is 1. The van der Waals surface area contributed by atoms with Gasteiger partial charge in [0.05, 0.1) is 0 Å². The van der Waals surface area contributed by atoms with Gasteiger partial charge in [-0.3, -0.25) is 4.79 Å². The van der Waals surface area contributed by atoms with E-state index in [0.29, 0.717) is 0 Å². The van der Waals surface area contributed by atoms with Gasteiger partial charge in [0, 0.05) is 23.7 Å². The molecule has 0 aliphatic carbocycles. The summed E-state index contributed by atoms with van der Waals surface area (Å²) in [5.41, 5.74) is 0. The number of rotatable bonds is 0. The Kier molecular flexibility index (Phi) is 55.5. The molecule has 0 atom stereocenters. The number of carbonyl (C=O) groups is 1.